The molecule has 0 aliphatic carbocycles. The van der Waals surface area contributed by atoms with E-state index in [0.29, 0.717) is 5.57 Å². The highest BCUT2D eigenvalue weighted by Crippen LogP contribution is 2.20. The monoisotopic (exact) mass is 323 g/mol. The Bertz CT molecular complexity index is 682. The van der Waals surface area contributed by atoms with Gasteiger partial charge < -0.3 is 4.43 Å². The second kappa shape index (κ2) is 6.96. The van der Waals surface area contributed by atoms with Gasteiger partial charge in [-0.25, -0.2) is 4.79 Å². The number of rotatable bonds is 4. The summed E-state index contributed by atoms with van der Waals surface area (Å²) in [7, 11) is -1.62. The van der Waals surface area contributed by atoms with Crippen molar-refractivity contribution in [2.24, 2.45) is 0 Å². The van der Waals surface area contributed by atoms with Crippen molar-refractivity contribution in [1.82, 2.24) is 0 Å². The average molecular weight is 323 g/mol. The summed E-state index contributed by atoms with van der Waals surface area (Å²) in [6, 6.07) is 18.3. The van der Waals surface area contributed by atoms with Crippen molar-refractivity contribution in [1.29, 1.82) is 0 Å². The molecule has 0 N–H and O–H groups in total. The molecule has 23 heavy (non-hydrogen) atoms. The molecule has 1 radical (unpaired) electrons. The molecule has 119 valence electrons. The first kappa shape index (κ1) is 17.2. The highest BCUT2D eigenvalue weighted by Gasteiger charge is 2.25. The van der Waals surface area contributed by atoms with E-state index in [1.807, 2.05) is 30.3 Å². The summed E-state index contributed by atoms with van der Waals surface area (Å²) in [6.07, 6.45) is 0. The second-order valence-corrected chi connectivity index (χ2v) is 8.71. The van der Waals surface area contributed by atoms with Gasteiger partial charge in [0.15, 0.2) is 0 Å². The first-order valence-electron chi connectivity index (χ1n) is 7.70. The maximum absolute atomic E-state index is 12.0. The van der Waals surface area contributed by atoms with Gasteiger partial charge in [0, 0.05) is 5.57 Å². The largest absolute Gasteiger partial charge is 0.505 e. The zero-order valence-corrected chi connectivity index (χ0v) is 15.2. The van der Waals surface area contributed by atoms with Gasteiger partial charge in [0.05, 0.1) is 0 Å². The van der Waals surface area contributed by atoms with Crippen LogP contribution in [-0.2, 0) is 14.6 Å². The Labute approximate surface area is 140 Å². The van der Waals surface area contributed by atoms with Crippen molar-refractivity contribution in [3.63, 3.8) is 0 Å². The molecule has 0 saturated heterocycles. The van der Waals surface area contributed by atoms with Gasteiger partial charge in [-0.2, -0.15) is 0 Å². The lowest BCUT2D eigenvalue weighted by Gasteiger charge is -2.21. The Morgan fingerprint density at radius 1 is 0.957 bits per heavy atom. The zero-order valence-electron chi connectivity index (χ0n) is 14.2. The van der Waals surface area contributed by atoms with Crippen LogP contribution in [0, 0.1) is 0 Å². The lowest BCUT2D eigenvalue weighted by Crippen LogP contribution is -2.46. The molecule has 0 heterocycles. The van der Waals surface area contributed by atoms with E-state index in [1.165, 1.54) is 5.56 Å². The molecule has 2 aromatic carbocycles. The van der Waals surface area contributed by atoms with E-state index in [4.69, 9.17) is 4.43 Å². The summed E-state index contributed by atoms with van der Waals surface area (Å²) in [5.74, 6) is -0.331. The van der Waals surface area contributed by atoms with Crippen molar-refractivity contribution < 1.29 is 9.22 Å². The standard InChI is InChI=1S/C20H23O2Si/c1-15(2)19(21)22-23(17-9-7-6-8-10-17)18-13-11-16(12-14-18)20(3,4)5/h6-14H,1H2,2-5H3. The van der Waals surface area contributed by atoms with E-state index in [9.17, 15) is 4.79 Å². The van der Waals surface area contributed by atoms with Gasteiger partial charge >= 0.3 is 15.0 Å². The van der Waals surface area contributed by atoms with Crippen molar-refractivity contribution >= 4 is 25.4 Å². The normalized spacial score (nSPS) is 11.3. The molecule has 0 spiro atoms. The Morgan fingerprint density at radius 3 is 1.96 bits per heavy atom. The fraction of sp³-hybridized carbons (Fsp3) is 0.250. The van der Waals surface area contributed by atoms with Crippen LogP contribution in [0.2, 0.25) is 0 Å². The molecule has 2 aromatic rings. The topological polar surface area (TPSA) is 26.3 Å². The van der Waals surface area contributed by atoms with Crippen molar-refractivity contribution in [3.05, 3.63) is 72.3 Å². The lowest BCUT2D eigenvalue weighted by molar-refractivity contribution is -0.130. The number of benzene rings is 2. The average Bonchev–Trinajstić information content (AvgIpc) is 2.52. The third-order valence-electron chi connectivity index (χ3n) is 3.59. The molecule has 0 fully saturated rings. The van der Waals surface area contributed by atoms with Gasteiger partial charge in [0.2, 0.25) is 0 Å². The lowest BCUT2D eigenvalue weighted by atomic mass is 9.87. The van der Waals surface area contributed by atoms with E-state index in [2.05, 4.69) is 51.6 Å². The maximum Gasteiger partial charge on any atom is 0.356 e. The van der Waals surface area contributed by atoms with Gasteiger partial charge in [-0.05, 0) is 28.3 Å². The highest BCUT2D eigenvalue weighted by atomic mass is 28.3. The summed E-state index contributed by atoms with van der Waals surface area (Å²) in [5, 5.41) is 2.11. The van der Waals surface area contributed by atoms with Crippen LogP contribution in [0.5, 0.6) is 0 Å². The van der Waals surface area contributed by atoms with Crippen LogP contribution in [-0.4, -0.2) is 15.0 Å². The van der Waals surface area contributed by atoms with Gasteiger partial charge in [-0.1, -0.05) is 81.9 Å². The third-order valence-corrected chi connectivity index (χ3v) is 5.70. The summed E-state index contributed by atoms with van der Waals surface area (Å²) < 4.78 is 5.77. The molecule has 0 aliphatic rings. The number of carbonyl (C=O) groups is 1. The van der Waals surface area contributed by atoms with Crippen molar-refractivity contribution in [2.75, 3.05) is 0 Å². The molecule has 0 aliphatic heterocycles. The summed E-state index contributed by atoms with van der Waals surface area (Å²) in [5.41, 5.74) is 1.80. The fourth-order valence-electron chi connectivity index (χ4n) is 2.18. The van der Waals surface area contributed by atoms with Crippen LogP contribution < -0.4 is 10.4 Å². The van der Waals surface area contributed by atoms with E-state index in [1.54, 1.807) is 6.92 Å². The summed E-state index contributed by atoms with van der Waals surface area (Å²) in [4.78, 5) is 12.0. The number of hydrogen-bond acceptors (Lipinski definition) is 2. The minimum atomic E-state index is -1.62. The van der Waals surface area contributed by atoms with Crippen LogP contribution in [0.1, 0.15) is 33.3 Å². The van der Waals surface area contributed by atoms with Crippen LogP contribution in [0.4, 0.5) is 0 Å². The van der Waals surface area contributed by atoms with Crippen LogP contribution in [0.15, 0.2) is 66.7 Å². The zero-order chi connectivity index (χ0) is 17.0. The molecule has 0 amide bonds. The first-order valence-corrected chi connectivity index (χ1v) is 9.11. The first-order chi connectivity index (χ1) is 10.8. The van der Waals surface area contributed by atoms with E-state index in [-0.39, 0.29) is 11.4 Å². The summed E-state index contributed by atoms with van der Waals surface area (Å²) in [6.45, 7) is 11.9. The van der Waals surface area contributed by atoms with E-state index in [0.717, 1.165) is 10.4 Å². The number of hydrogen-bond donors (Lipinski definition) is 0. The molecule has 2 nitrogen and oxygen atoms in total. The van der Waals surface area contributed by atoms with E-state index >= 15 is 0 Å². The molecular formula is C20H23O2Si. The Morgan fingerprint density at radius 2 is 1.48 bits per heavy atom. The molecule has 0 atom stereocenters. The Hall–Kier alpha value is -2.13. The SMILES string of the molecule is C=C(C)C(=O)O[Si](c1ccccc1)c1ccc(C(C)(C)C)cc1. The van der Waals surface area contributed by atoms with Crippen LogP contribution in [0.25, 0.3) is 0 Å². The predicted molar refractivity (Wildman–Crippen MR) is 97.5 cm³/mol. The number of carbonyl (C=O) groups excluding carboxylic acids is 1. The van der Waals surface area contributed by atoms with Gasteiger partial charge in [-0.15, -0.1) is 0 Å². The predicted octanol–water partition coefficient (Wildman–Crippen LogP) is 3.21. The molecule has 0 bridgehead atoms. The quantitative estimate of drug-likeness (QED) is 0.638. The molecular weight excluding hydrogens is 300 g/mol. The van der Waals surface area contributed by atoms with E-state index < -0.39 is 9.04 Å². The van der Waals surface area contributed by atoms with Crippen LogP contribution in [0.3, 0.4) is 0 Å². The highest BCUT2D eigenvalue weighted by molar-refractivity contribution is 6.81. The Balaban J connectivity index is 2.37. The van der Waals surface area contributed by atoms with Crippen LogP contribution >= 0.6 is 0 Å². The van der Waals surface area contributed by atoms with Crippen molar-refractivity contribution in [2.45, 2.75) is 33.1 Å². The van der Waals surface area contributed by atoms with Gasteiger partial charge in [-0.3, -0.25) is 0 Å². The summed E-state index contributed by atoms with van der Waals surface area (Å²) >= 11 is 0. The minimum absolute atomic E-state index is 0.104. The smallest absolute Gasteiger partial charge is 0.356 e. The minimum Gasteiger partial charge on any atom is -0.505 e. The molecule has 2 rings (SSSR count). The maximum atomic E-state index is 12.0. The third kappa shape index (κ3) is 4.42. The Kier molecular flexibility index (Phi) is 5.22. The second-order valence-electron chi connectivity index (χ2n) is 6.69. The van der Waals surface area contributed by atoms with Crippen molar-refractivity contribution in [3.8, 4) is 0 Å². The van der Waals surface area contributed by atoms with Gasteiger partial charge in [0.25, 0.3) is 0 Å². The molecule has 3 heteroatoms. The fourth-order valence-corrected chi connectivity index (χ4v) is 4.07. The molecule has 0 unspecified atom stereocenters. The molecule has 0 aromatic heterocycles. The molecule has 0 saturated carbocycles. The van der Waals surface area contributed by atoms with Gasteiger partial charge in [0.1, 0.15) is 0 Å².